The first-order chi connectivity index (χ1) is 18.5. The monoisotopic (exact) mass is 533 g/mol. The molecule has 0 fully saturated rings. The van der Waals surface area contributed by atoms with Crippen LogP contribution in [-0.4, -0.2) is 71.7 Å². The molecule has 8 nitrogen and oxygen atoms in total. The lowest BCUT2D eigenvalue weighted by atomic mass is 9.92. The molecule has 8 heteroatoms. The summed E-state index contributed by atoms with van der Waals surface area (Å²) in [6, 6.07) is 17.0. The largest absolute Gasteiger partial charge is 0.494 e. The van der Waals surface area contributed by atoms with Crippen molar-refractivity contribution in [1.29, 1.82) is 0 Å². The van der Waals surface area contributed by atoms with E-state index in [9.17, 15) is 9.59 Å². The molecule has 0 bridgehead atoms. The van der Waals surface area contributed by atoms with Gasteiger partial charge in [-0.1, -0.05) is 52.3 Å². The van der Waals surface area contributed by atoms with Gasteiger partial charge in [0.05, 0.1) is 18.0 Å². The summed E-state index contributed by atoms with van der Waals surface area (Å²) in [7, 11) is 3.89. The molecular weight excluding hydrogens is 490 g/mol. The third-order valence-electron chi connectivity index (χ3n) is 6.40. The van der Waals surface area contributed by atoms with Crippen molar-refractivity contribution in [2.24, 2.45) is 0 Å². The van der Waals surface area contributed by atoms with Crippen molar-refractivity contribution in [2.75, 3.05) is 45.7 Å². The molecule has 0 saturated heterocycles. The van der Waals surface area contributed by atoms with Gasteiger partial charge in [-0.3, -0.25) is 9.59 Å². The molecule has 1 N–H and O–H groups in total. The van der Waals surface area contributed by atoms with Crippen LogP contribution in [0.2, 0.25) is 0 Å². The molecule has 1 aromatic heterocycles. The number of para-hydroxylation sites is 1. The number of amides is 2. The molecule has 0 aliphatic carbocycles. The fourth-order valence-electron chi connectivity index (χ4n) is 3.96. The molecule has 0 radical (unpaired) electrons. The van der Waals surface area contributed by atoms with Gasteiger partial charge in [-0.15, -0.1) is 0 Å². The first kappa shape index (κ1) is 29.9. The topological polar surface area (TPSA) is 79.7 Å². The van der Waals surface area contributed by atoms with Crippen molar-refractivity contribution >= 4 is 17.6 Å². The highest BCUT2D eigenvalue weighted by molar-refractivity contribution is 5.99. The number of ether oxygens (including phenoxy) is 1. The van der Waals surface area contributed by atoms with Crippen LogP contribution in [0.4, 0.5) is 5.82 Å². The molecule has 2 aromatic carbocycles. The lowest BCUT2D eigenvalue weighted by Gasteiger charge is -2.24. The number of rotatable bonds is 12. The zero-order chi connectivity index (χ0) is 28.6. The Labute approximate surface area is 232 Å². The maximum Gasteiger partial charge on any atom is 0.254 e. The van der Waals surface area contributed by atoms with E-state index in [4.69, 9.17) is 9.84 Å². The number of carbonyl (C=O) groups excluding carboxylic acids is 2. The predicted molar refractivity (Wildman–Crippen MR) is 157 cm³/mol. The Kier molecular flexibility index (Phi) is 10.3. The van der Waals surface area contributed by atoms with E-state index < -0.39 is 0 Å². The molecule has 2 amide bonds. The van der Waals surface area contributed by atoms with E-state index in [1.54, 1.807) is 21.7 Å². The van der Waals surface area contributed by atoms with Crippen LogP contribution >= 0.6 is 0 Å². The second-order valence-electron chi connectivity index (χ2n) is 11.2. The van der Waals surface area contributed by atoms with Gasteiger partial charge >= 0.3 is 0 Å². The van der Waals surface area contributed by atoms with Gasteiger partial charge in [0, 0.05) is 30.1 Å². The number of nitrogens with one attached hydrogen (secondary N) is 1. The number of aryl methyl sites for hydroxylation is 1. The Morgan fingerprint density at radius 3 is 2.33 bits per heavy atom. The summed E-state index contributed by atoms with van der Waals surface area (Å²) in [5.41, 5.74) is 3.12. The van der Waals surface area contributed by atoms with Gasteiger partial charge in [0.15, 0.2) is 0 Å². The van der Waals surface area contributed by atoms with E-state index in [0.717, 1.165) is 35.5 Å². The van der Waals surface area contributed by atoms with E-state index >= 15 is 0 Å². The van der Waals surface area contributed by atoms with Crippen molar-refractivity contribution in [2.45, 2.75) is 52.9 Å². The lowest BCUT2D eigenvalue weighted by molar-refractivity contribution is -0.117. The minimum absolute atomic E-state index is 0.0781. The summed E-state index contributed by atoms with van der Waals surface area (Å²) < 4.78 is 7.50. The number of nitrogens with zero attached hydrogens (tertiary/aromatic N) is 4. The summed E-state index contributed by atoms with van der Waals surface area (Å²) in [4.78, 5) is 30.4. The molecule has 3 rings (SSSR count). The lowest BCUT2D eigenvalue weighted by Crippen LogP contribution is -2.41. The molecular formula is C31H43N5O3. The summed E-state index contributed by atoms with van der Waals surface area (Å²) >= 11 is 0. The Balaban J connectivity index is 1.81. The Bertz CT molecular complexity index is 1240. The molecule has 0 aliphatic heterocycles. The zero-order valence-electron chi connectivity index (χ0n) is 24.5. The van der Waals surface area contributed by atoms with E-state index in [2.05, 4.69) is 33.0 Å². The number of hydrogen-bond acceptors (Lipinski definition) is 5. The zero-order valence-corrected chi connectivity index (χ0v) is 24.5. The minimum Gasteiger partial charge on any atom is -0.494 e. The van der Waals surface area contributed by atoms with Crippen molar-refractivity contribution in [3.8, 4) is 11.4 Å². The molecule has 0 spiro atoms. The Morgan fingerprint density at radius 2 is 1.72 bits per heavy atom. The van der Waals surface area contributed by atoms with E-state index in [0.29, 0.717) is 31.1 Å². The summed E-state index contributed by atoms with van der Waals surface area (Å²) in [6.07, 6.45) is 2.04. The second-order valence-corrected chi connectivity index (χ2v) is 11.2. The molecule has 210 valence electrons. The number of aromatic nitrogens is 2. The standard InChI is InChI=1S/C31H43N5O3/c1-8-9-20-39-25-16-14-24(15-17-25)30(38)35(19-18-34(6)7)22-29(37)32-28-21-27(31(3,4)5)33-36(28)26-13-11-10-12-23(26)2/h10-17,21H,8-9,18-20,22H2,1-7H3,(H,32,37). The number of hydrogen-bond donors (Lipinski definition) is 1. The summed E-state index contributed by atoms with van der Waals surface area (Å²) in [5.74, 6) is 0.830. The number of unbranched alkanes of at least 4 members (excludes halogenated alkanes) is 1. The van der Waals surface area contributed by atoms with Crippen LogP contribution in [0.1, 0.15) is 62.2 Å². The smallest absolute Gasteiger partial charge is 0.254 e. The number of carbonyl (C=O) groups is 2. The number of anilines is 1. The van der Waals surface area contributed by atoms with Crippen LogP contribution in [0.5, 0.6) is 5.75 Å². The van der Waals surface area contributed by atoms with E-state index in [1.807, 2.05) is 68.4 Å². The van der Waals surface area contributed by atoms with Crippen LogP contribution < -0.4 is 10.1 Å². The first-order valence-corrected chi connectivity index (χ1v) is 13.6. The first-order valence-electron chi connectivity index (χ1n) is 13.6. The molecule has 0 aliphatic rings. The molecule has 39 heavy (non-hydrogen) atoms. The van der Waals surface area contributed by atoms with Crippen LogP contribution in [0.3, 0.4) is 0 Å². The average molecular weight is 534 g/mol. The Hall–Kier alpha value is -3.65. The highest BCUT2D eigenvalue weighted by Gasteiger charge is 2.24. The highest BCUT2D eigenvalue weighted by atomic mass is 16.5. The normalized spacial score (nSPS) is 11.5. The van der Waals surface area contributed by atoms with Crippen LogP contribution in [-0.2, 0) is 10.2 Å². The predicted octanol–water partition coefficient (Wildman–Crippen LogP) is 5.30. The fraction of sp³-hybridized carbons (Fsp3) is 0.452. The molecule has 0 saturated carbocycles. The van der Waals surface area contributed by atoms with Crippen molar-refractivity contribution in [3.05, 3.63) is 71.4 Å². The van der Waals surface area contributed by atoms with E-state index in [-0.39, 0.29) is 23.8 Å². The quantitative estimate of drug-likeness (QED) is 0.320. The Morgan fingerprint density at radius 1 is 1.03 bits per heavy atom. The average Bonchev–Trinajstić information content (AvgIpc) is 3.31. The SMILES string of the molecule is CCCCOc1ccc(C(=O)N(CCN(C)C)CC(=O)Nc2cc(C(C)(C)C)nn2-c2ccccc2C)cc1. The van der Waals surface area contributed by atoms with Crippen molar-refractivity contribution in [1.82, 2.24) is 19.6 Å². The molecule has 3 aromatic rings. The molecule has 1 heterocycles. The van der Waals surface area contributed by atoms with E-state index in [1.165, 1.54) is 0 Å². The maximum absolute atomic E-state index is 13.5. The van der Waals surface area contributed by atoms with Gasteiger partial charge < -0.3 is 19.9 Å². The highest BCUT2D eigenvalue weighted by Crippen LogP contribution is 2.27. The summed E-state index contributed by atoms with van der Waals surface area (Å²) in [5, 5.41) is 7.85. The van der Waals surface area contributed by atoms with Gasteiger partial charge in [-0.05, 0) is 63.3 Å². The van der Waals surface area contributed by atoms with Gasteiger partial charge in [0.2, 0.25) is 5.91 Å². The maximum atomic E-state index is 13.5. The van der Waals surface area contributed by atoms with Gasteiger partial charge in [0.1, 0.15) is 18.1 Å². The second kappa shape index (κ2) is 13.4. The third kappa shape index (κ3) is 8.42. The number of benzene rings is 2. The summed E-state index contributed by atoms with van der Waals surface area (Å²) in [6.45, 7) is 12.0. The molecule has 0 atom stereocenters. The molecule has 0 unspecified atom stereocenters. The van der Waals surface area contributed by atoms with Gasteiger partial charge in [0.25, 0.3) is 5.91 Å². The van der Waals surface area contributed by atoms with Gasteiger partial charge in [-0.25, -0.2) is 4.68 Å². The third-order valence-corrected chi connectivity index (χ3v) is 6.40. The van der Waals surface area contributed by atoms with Crippen molar-refractivity contribution in [3.63, 3.8) is 0 Å². The van der Waals surface area contributed by atoms with Crippen LogP contribution in [0.15, 0.2) is 54.6 Å². The van der Waals surface area contributed by atoms with Crippen molar-refractivity contribution < 1.29 is 14.3 Å². The minimum atomic E-state index is -0.281. The fourth-order valence-corrected chi connectivity index (χ4v) is 3.96. The van der Waals surface area contributed by atoms with Crippen LogP contribution in [0, 0.1) is 6.92 Å². The number of likely N-dealkylation sites (N-methyl/N-ethyl adjacent to an activating group) is 1. The van der Waals surface area contributed by atoms with Crippen LogP contribution in [0.25, 0.3) is 5.69 Å². The van der Waals surface area contributed by atoms with Gasteiger partial charge in [-0.2, -0.15) is 5.10 Å².